The van der Waals surface area contributed by atoms with Crippen molar-refractivity contribution in [1.29, 1.82) is 0 Å². The topological polar surface area (TPSA) is 201 Å². The zero-order chi connectivity index (χ0) is 46.6. The zero-order valence-electron chi connectivity index (χ0n) is 37.0. The Morgan fingerprint density at radius 1 is 0.667 bits per heavy atom. The number of hydrogen-bond acceptors (Lipinski definition) is 14. The second-order valence-corrected chi connectivity index (χ2v) is 17.2. The molecule has 8 heterocycles. The van der Waals surface area contributed by atoms with Crippen LogP contribution in [0.4, 0.5) is 31.8 Å². The van der Waals surface area contributed by atoms with Crippen molar-refractivity contribution in [2.45, 2.75) is 102 Å². The average molecular weight is 968 g/mol. The van der Waals surface area contributed by atoms with Gasteiger partial charge >= 0.3 is 7.12 Å². The number of pyridine rings is 2. The number of imidazole rings is 2. The van der Waals surface area contributed by atoms with E-state index in [1.807, 2.05) is 20.2 Å². The summed E-state index contributed by atoms with van der Waals surface area (Å²) in [6.07, 6.45) is 25.8. The van der Waals surface area contributed by atoms with Crippen molar-refractivity contribution >= 4 is 63.3 Å². The van der Waals surface area contributed by atoms with Crippen LogP contribution < -0.4 is 25.1 Å². The maximum atomic E-state index is 13.7. The van der Waals surface area contributed by atoms with E-state index in [-0.39, 0.29) is 29.4 Å². The first-order chi connectivity index (χ1) is 31.9. The molecule has 2 aliphatic carbocycles. The van der Waals surface area contributed by atoms with E-state index in [9.17, 15) is 18.4 Å². The van der Waals surface area contributed by atoms with E-state index in [0.717, 1.165) is 80.7 Å². The lowest BCUT2D eigenvalue weighted by atomic mass is 9.82. The molecule has 0 saturated heterocycles. The third-order valence-electron chi connectivity index (χ3n) is 12.5. The summed E-state index contributed by atoms with van der Waals surface area (Å²) in [6, 6.07) is 2.66. The van der Waals surface area contributed by atoms with Crippen LogP contribution in [-0.2, 0) is 9.59 Å². The van der Waals surface area contributed by atoms with Crippen LogP contribution in [0.2, 0.25) is 0 Å². The van der Waals surface area contributed by atoms with Gasteiger partial charge in [0.2, 0.25) is 23.7 Å². The van der Waals surface area contributed by atoms with Gasteiger partial charge in [-0.3, -0.25) is 28.7 Å². The Morgan fingerprint density at radius 3 is 1.61 bits per heavy atom. The van der Waals surface area contributed by atoms with Crippen LogP contribution in [0.25, 0.3) is 23.3 Å². The van der Waals surface area contributed by atoms with Crippen LogP contribution in [0.15, 0.2) is 78.8 Å². The summed E-state index contributed by atoms with van der Waals surface area (Å²) in [5.74, 6) is 2.30. The lowest BCUT2D eigenvalue weighted by Gasteiger charge is -2.43. The van der Waals surface area contributed by atoms with Crippen molar-refractivity contribution < 1.29 is 28.4 Å². The van der Waals surface area contributed by atoms with Crippen LogP contribution in [0.5, 0.6) is 0 Å². The van der Waals surface area contributed by atoms with E-state index in [4.69, 9.17) is 20.0 Å². The van der Waals surface area contributed by atoms with Crippen molar-refractivity contribution in [2.75, 3.05) is 33.7 Å². The first-order valence-corrected chi connectivity index (χ1v) is 22.9. The highest BCUT2D eigenvalue weighted by Gasteiger charge is 2.43. The molecule has 2 atom stereocenters. The number of carbonyl (C=O) groups excluding carboxylic acids is 2. The second kappa shape index (κ2) is 20.1. The van der Waals surface area contributed by atoms with Crippen molar-refractivity contribution in [3.05, 3.63) is 90.5 Å². The average Bonchev–Trinajstić information content (AvgIpc) is 4.18. The SMILES string of the molecule is CC[C@@H]1C(=O)N(C)c2cnc(-n3ccnc3-c3cncc(F)c3)nc2N1C1CCCC1.CC[C@@H]1C(=O)N(C)c2cnc(-n3ccnc3Br)nc2N1C1CCCC1.OB(O)c1cncc(F)c1. The van der Waals surface area contributed by atoms with Crippen LogP contribution in [-0.4, -0.2) is 116 Å². The molecule has 0 radical (unpaired) electrons. The van der Waals surface area contributed by atoms with Gasteiger partial charge in [-0.05, 0) is 66.6 Å². The highest BCUT2D eigenvalue weighted by Crippen LogP contribution is 2.41. The summed E-state index contributed by atoms with van der Waals surface area (Å²) >= 11 is 3.42. The number of halogens is 3. The maximum Gasteiger partial charge on any atom is 0.490 e. The molecule has 2 saturated carbocycles. The number of carbonyl (C=O) groups is 2. The standard InChI is InChI=1S/C22H24FN7O.C17H21BrN6O.C5H5BFNO2/c1-3-17-21(31)28(2)18-13-26-22(27-20(18)30(17)16-6-4-5-7-16)29-9-8-25-19(29)14-10-15(23)12-24-11-14;1-3-12-15(25)22(2)13-10-20-17(23-9-8-19-16(23)18)21-14(13)24(12)11-6-4-5-7-11;7-5-1-4(6(9)10)2-8-3-5/h8-13,16-17H,3-7H2,1-2H3;8-12H,3-7H2,1-2H3;1-3,9-10H/t17-;12-;/m11./s1. The minimum Gasteiger partial charge on any atom is -0.423 e. The molecule has 10 rings (SSSR count). The van der Waals surface area contributed by atoms with Gasteiger partial charge in [-0.25, -0.2) is 28.7 Å². The summed E-state index contributed by atoms with van der Waals surface area (Å²) in [7, 11) is 1.94. The summed E-state index contributed by atoms with van der Waals surface area (Å²) in [6.45, 7) is 4.11. The van der Waals surface area contributed by atoms with E-state index < -0.39 is 18.8 Å². The number of aromatic nitrogens is 10. The molecule has 2 aliphatic heterocycles. The lowest BCUT2D eigenvalue weighted by molar-refractivity contribution is -0.120. The van der Waals surface area contributed by atoms with Gasteiger partial charge in [-0.2, -0.15) is 9.97 Å². The lowest BCUT2D eigenvalue weighted by Crippen LogP contribution is -2.55. The van der Waals surface area contributed by atoms with Gasteiger partial charge in [0.05, 0.1) is 24.8 Å². The molecule has 0 unspecified atom stereocenters. The summed E-state index contributed by atoms with van der Waals surface area (Å²) in [4.78, 5) is 68.3. The van der Waals surface area contributed by atoms with Crippen molar-refractivity contribution in [2.24, 2.45) is 0 Å². The Kier molecular flexibility index (Phi) is 14.1. The molecule has 0 spiro atoms. The van der Waals surface area contributed by atoms with Gasteiger partial charge in [0.25, 0.3) is 0 Å². The number of nitrogens with zero attached hydrogens (tertiary/aromatic N) is 14. The van der Waals surface area contributed by atoms with Gasteiger partial charge in [-0.15, -0.1) is 0 Å². The molecule has 18 nitrogen and oxygen atoms in total. The molecule has 344 valence electrons. The largest absolute Gasteiger partial charge is 0.490 e. The van der Waals surface area contributed by atoms with Crippen LogP contribution in [0, 0.1) is 11.6 Å². The quantitative estimate of drug-likeness (QED) is 0.189. The maximum absolute atomic E-state index is 13.7. The first kappa shape index (κ1) is 46.3. The highest BCUT2D eigenvalue weighted by atomic mass is 79.9. The molecule has 4 aliphatic rings. The predicted octanol–water partition coefficient (Wildman–Crippen LogP) is 5.20. The van der Waals surface area contributed by atoms with E-state index in [2.05, 4.69) is 62.6 Å². The van der Waals surface area contributed by atoms with Crippen molar-refractivity contribution in [3.63, 3.8) is 0 Å². The monoisotopic (exact) mass is 966 g/mol. The van der Waals surface area contributed by atoms with Crippen LogP contribution in [0.3, 0.4) is 0 Å². The second-order valence-electron chi connectivity index (χ2n) is 16.5. The first-order valence-electron chi connectivity index (χ1n) is 22.1. The Balaban J connectivity index is 0.000000151. The summed E-state index contributed by atoms with van der Waals surface area (Å²) in [5, 5.41) is 17.0. The fourth-order valence-electron chi connectivity index (χ4n) is 9.20. The van der Waals surface area contributed by atoms with E-state index in [0.29, 0.717) is 52.2 Å². The van der Waals surface area contributed by atoms with Crippen molar-refractivity contribution in [1.82, 2.24) is 49.0 Å². The van der Waals surface area contributed by atoms with Gasteiger partial charge < -0.3 is 29.6 Å². The van der Waals surface area contributed by atoms with Gasteiger partial charge in [-0.1, -0.05) is 39.5 Å². The Hall–Kier alpha value is -6.26. The minimum atomic E-state index is -1.65. The molecule has 2 fully saturated rings. The molecule has 66 heavy (non-hydrogen) atoms. The molecule has 6 aromatic rings. The fourth-order valence-corrected chi connectivity index (χ4v) is 9.59. The molecule has 22 heteroatoms. The molecule has 6 aromatic heterocycles. The number of amides is 2. The Bertz CT molecular complexity index is 2680. The Morgan fingerprint density at radius 2 is 1.15 bits per heavy atom. The zero-order valence-corrected chi connectivity index (χ0v) is 38.6. The minimum absolute atomic E-state index is 0.0556. The van der Waals surface area contributed by atoms with E-state index in [1.54, 1.807) is 63.2 Å². The summed E-state index contributed by atoms with van der Waals surface area (Å²) < 4.78 is 30.2. The van der Waals surface area contributed by atoms with Crippen LogP contribution >= 0.6 is 15.9 Å². The third-order valence-corrected chi connectivity index (χ3v) is 13.0. The smallest absolute Gasteiger partial charge is 0.423 e. The molecular formula is C44H50BBrF2N14O4. The van der Waals surface area contributed by atoms with Gasteiger partial charge in [0, 0.05) is 74.4 Å². The molecular weight excluding hydrogens is 917 g/mol. The molecule has 0 aromatic carbocycles. The molecule has 2 N–H and O–H groups in total. The Labute approximate surface area is 389 Å². The van der Waals surface area contributed by atoms with E-state index in [1.165, 1.54) is 25.1 Å². The highest BCUT2D eigenvalue weighted by molar-refractivity contribution is 9.10. The van der Waals surface area contributed by atoms with Crippen molar-refractivity contribution in [3.8, 4) is 23.3 Å². The molecule has 0 bridgehead atoms. The van der Waals surface area contributed by atoms with Gasteiger partial charge in [0.1, 0.15) is 40.9 Å². The molecule has 2 amide bonds. The van der Waals surface area contributed by atoms with E-state index >= 15 is 0 Å². The number of anilines is 4. The predicted molar refractivity (Wildman–Crippen MR) is 248 cm³/mol. The number of rotatable bonds is 8. The third kappa shape index (κ3) is 9.25. The normalized spacial score (nSPS) is 18.4. The summed E-state index contributed by atoms with van der Waals surface area (Å²) in [5.41, 5.74) is 2.08. The number of hydrogen-bond donors (Lipinski definition) is 2. The van der Waals surface area contributed by atoms with Crippen LogP contribution in [0.1, 0.15) is 78.1 Å². The number of likely N-dealkylation sites (N-methyl/N-ethyl adjacent to an activating group) is 2. The van der Waals surface area contributed by atoms with Gasteiger partial charge in [0.15, 0.2) is 16.4 Å². The number of fused-ring (bicyclic) bond motifs is 2. The fraction of sp³-hybridized carbons (Fsp3) is 0.409.